The molecular formula is C13H19N. The van der Waals surface area contributed by atoms with E-state index in [1.54, 1.807) is 0 Å². The average Bonchev–Trinajstić information content (AvgIpc) is 2.56. The fourth-order valence-electron chi connectivity index (χ4n) is 2.29. The molecule has 1 aromatic carbocycles. The molecule has 1 N–H and O–H groups in total. The maximum absolute atomic E-state index is 3.66. The van der Waals surface area contributed by atoms with Gasteiger partial charge in [-0.1, -0.05) is 31.5 Å². The Balaban J connectivity index is 2.07. The van der Waals surface area contributed by atoms with Crippen LogP contribution in [0.1, 0.15) is 31.7 Å². The van der Waals surface area contributed by atoms with E-state index in [1.165, 1.54) is 30.5 Å². The zero-order valence-corrected chi connectivity index (χ0v) is 9.09. The first kappa shape index (κ1) is 9.57. The molecule has 0 heterocycles. The second kappa shape index (κ2) is 4.04. The van der Waals surface area contributed by atoms with Crippen molar-refractivity contribution in [1.82, 2.24) is 0 Å². The van der Waals surface area contributed by atoms with E-state index in [0.717, 1.165) is 5.92 Å². The highest BCUT2D eigenvalue weighted by Crippen LogP contribution is 2.28. The Morgan fingerprint density at radius 3 is 2.64 bits per heavy atom. The lowest BCUT2D eigenvalue weighted by molar-refractivity contribution is 0.556. The zero-order chi connectivity index (χ0) is 9.97. The van der Waals surface area contributed by atoms with Crippen LogP contribution in [0, 0.1) is 12.8 Å². The Morgan fingerprint density at radius 1 is 1.21 bits per heavy atom. The molecule has 1 aromatic rings. The molecule has 1 nitrogen and oxygen atoms in total. The minimum absolute atomic E-state index is 0.691. The van der Waals surface area contributed by atoms with Gasteiger partial charge in [-0.3, -0.25) is 0 Å². The first-order valence-corrected chi connectivity index (χ1v) is 5.59. The maximum Gasteiger partial charge on any atom is 0.0372 e. The van der Waals surface area contributed by atoms with Crippen molar-refractivity contribution in [2.45, 2.75) is 39.2 Å². The molecule has 1 aliphatic rings. The lowest BCUT2D eigenvalue weighted by atomic mass is 10.1. The van der Waals surface area contributed by atoms with Gasteiger partial charge in [0.1, 0.15) is 0 Å². The molecule has 1 saturated carbocycles. The fraction of sp³-hybridized carbons (Fsp3) is 0.538. The van der Waals surface area contributed by atoms with Crippen LogP contribution in [0.25, 0.3) is 0 Å². The third kappa shape index (κ3) is 1.92. The Bertz CT molecular complexity index is 306. The molecule has 14 heavy (non-hydrogen) atoms. The number of hydrogen-bond acceptors (Lipinski definition) is 1. The molecule has 0 unspecified atom stereocenters. The summed E-state index contributed by atoms with van der Waals surface area (Å²) in [4.78, 5) is 0. The second-order valence-electron chi connectivity index (χ2n) is 4.47. The van der Waals surface area contributed by atoms with E-state index >= 15 is 0 Å². The third-order valence-electron chi connectivity index (χ3n) is 3.35. The van der Waals surface area contributed by atoms with Crippen LogP contribution in [0.3, 0.4) is 0 Å². The van der Waals surface area contributed by atoms with Crippen molar-refractivity contribution in [1.29, 1.82) is 0 Å². The molecule has 0 spiro atoms. The Hall–Kier alpha value is -0.980. The minimum Gasteiger partial charge on any atom is -0.382 e. The normalized spacial score (nSPS) is 26.4. The van der Waals surface area contributed by atoms with Crippen molar-refractivity contribution in [2.75, 3.05) is 5.32 Å². The SMILES string of the molecule is Cc1ccccc1N[C@@H]1CCC[C@H]1C. The third-order valence-corrected chi connectivity index (χ3v) is 3.35. The standard InChI is InChI=1S/C13H19N/c1-10-6-3-4-8-12(10)14-13-9-5-7-11(13)2/h3-4,6,8,11,13-14H,5,7,9H2,1-2H3/t11-,13-/m1/s1. The van der Waals surface area contributed by atoms with Crippen molar-refractivity contribution in [3.8, 4) is 0 Å². The number of anilines is 1. The predicted molar refractivity (Wildman–Crippen MR) is 61.6 cm³/mol. The monoisotopic (exact) mass is 189 g/mol. The van der Waals surface area contributed by atoms with Crippen molar-refractivity contribution in [2.24, 2.45) is 5.92 Å². The first-order chi connectivity index (χ1) is 6.77. The van der Waals surface area contributed by atoms with E-state index in [2.05, 4.69) is 43.4 Å². The van der Waals surface area contributed by atoms with Crippen LogP contribution in [-0.2, 0) is 0 Å². The summed E-state index contributed by atoms with van der Waals surface area (Å²) >= 11 is 0. The Morgan fingerprint density at radius 2 is 2.00 bits per heavy atom. The number of aryl methyl sites for hydroxylation is 1. The van der Waals surface area contributed by atoms with Gasteiger partial charge in [0.05, 0.1) is 0 Å². The van der Waals surface area contributed by atoms with Gasteiger partial charge in [-0.15, -0.1) is 0 Å². The molecule has 0 bridgehead atoms. The van der Waals surface area contributed by atoms with Gasteiger partial charge in [0.2, 0.25) is 0 Å². The smallest absolute Gasteiger partial charge is 0.0372 e. The van der Waals surface area contributed by atoms with Crippen LogP contribution in [0.15, 0.2) is 24.3 Å². The molecule has 1 fully saturated rings. The summed E-state index contributed by atoms with van der Waals surface area (Å²) in [6, 6.07) is 9.24. The zero-order valence-electron chi connectivity index (χ0n) is 9.09. The summed E-state index contributed by atoms with van der Waals surface area (Å²) in [5, 5.41) is 3.66. The van der Waals surface area contributed by atoms with E-state index in [1.807, 2.05) is 0 Å². The summed E-state index contributed by atoms with van der Waals surface area (Å²) in [7, 11) is 0. The van der Waals surface area contributed by atoms with E-state index < -0.39 is 0 Å². The largest absolute Gasteiger partial charge is 0.382 e. The van der Waals surface area contributed by atoms with Gasteiger partial charge in [0.25, 0.3) is 0 Å². The van der Waals surface area contributed by atoms with Crippen LogP contribution in [0.4, 0.5) is 5.69 Å². The highest BCUT2D eigenvalue weighted by Gasteiger charge is 2.22. The predicted octanol–water partition coefficient (Wildman–Crippen LogP) is 3.60. The van der Waals surface area contributed by atoms with Gasteiger partial charge in [0.15, 0.2) is 0 Å². The average molecular weight is 189 g/mol. The van der Waals surface area contributed by atoms with Gasteiger partial charge < -0.3 is 5.32 Å². The number of rotatable bonds is 2. The number of hydrogen-bond donors (Lipinski definition) is 1. The first-order valence-electron chi connectivity index (χ1n) is 5.59. The molecule has 1 aliphatic carbocycles. The highest BCUT2D eigenvalue weighted by molar-refractivity contribution is 5.51. The summed E-state index contributed by atoms with van der Waals surface area (Å²) in [6.07, 6.45) is 4.09. The lowest BCUT2D eigenvalue weighted by Crippen LogP contribution is -2.22. The van der Waals surface area contributed by atoms with E-state index in [9.17, 15) is 0 Å². The molecule has 0 aliphatic heterocycles. The number of benzene rings is 1. The van der Waals surface area contributed by atoms with Gasteiger partial charge in [-0.2, -0.15) is 0 Å². The molecule has 1 heteroatoms. The van der Waals surface area contributed by atoms with E-state index in [-0.39, 0.29) is 0 Å². The fourth-order valence-corrected chi connectivity index (χ4v) is 2.29. The lowest BCUT2D eigenvalue weighted by Gasteiger charge is -2.19. The van der Waals surface area contributed by atoms with E-state index in [0.29, 0.717) is 6.04 Å². The quantitative estimate of drug-likeness (QED) is 0.749. The molecule has 0 amide bonds. The van der Waals surface area contributed by atoms with Gasteiger partial charge in [-0.05, 0) is 37.3 Å². The topological polar surface area (TPSA) is 12.0 Å². The minimum atomic E-state index is 0.691. The molecule has 2 atom stereocenters. The molecule has 76 valence electrons. The summed E-state index contributed by atoms with van der Waals surface area (Å²) in [6.45, 7) is 4.52. The van der Waals surface area contributed by atoms with Crippen LogP contribution >= 0.6 is 0 Å². The van der Waals surface area contributed by atoms with Crippen LogP contribution in [-0.4, -0.2) is 6.04 Å². The maximum atomic E-state index is 3.66. The molecule has 0 saturated heterocycles. The van der Waals surface area contributed by atoms with Crippen molar-refractivity contribution in [3.63, 3.8) is 0 Å². The second-order valence-corrected chi connectivity index (χ2v) is 4.47. The Labute approximate surface area is 86.5 Å². The highest BCUT2D eigenvalue weighted by atomic mass is 14.9. The van der Waals surface area contributed by atoms with Crippen LogP contribution in [0.5, 0.6) is 0 Å². The van der Waals surface area contributed by atoms with Gasteiger partial charge in [-0.25, -0.2) is 0 Å². The number of nitrogens with one attached hydrogen (secondary N) is 1. The molecule has 0 aromatic heterocycles. The van der Waals surface area contributed by atoms with E-state index in [4.69, 9.17) is 0 Å². The van der Waals surface area contributed by atoms with Crippen LogP contribution < -0.4 is 5.32 Å². The molecular weight excluding hydrogens is 170 g/mol. The Kier molecular flexibility index (Phi) is 2.76. The summed E-state index contributed by atoms with van der Waals surface area (Å²) in [5.41, 5.74) is 2.66. The van der Waals surface area contributed by atoms with Gasteiger partial charge >= 0.3 is 0 Å². The van der Waals surface area contributed by atoms with Gasteiger partial charge in [0, 0.05) is 11.7 Å². The molecule has 0 radical (unpaired) electrons. The molecule has 2 rings (SSSR count). The summed E-state index contributed by atoms with van der Waals surface area (Å²) in [5.74, 6) is 0.828. The van der Waals surface area contributed by atoms with Crippen molar-refractivity contribution >= 4 is 5.69 Å². The van der Waals surface area contributed by atoms with Crippen molar-refractivity contribution < 1.29 is 0 Å². The van der Waals surface area contributed by atoms with Crippen LogP contribution in [0.2, 0.25) is 0 Å². The number of para-hydroxylation sites is 1. The summed E-state index contributed by atoms with van der Waals surface area (Å²) < 4.78 is 0. The van der Waals surface area contributed by atoms with Crippen molar-refractivity contribution in [3.05, 3.63) is 29.8 Å².